The first kappa shape index (κ1) is 8.63. The summed E-state index contributed by atoms with van der Waals surface area (Å²) in [6, 6.07) is 0. The molecule has 0 fully saturated rings. The van der Waals surface area contributed by atoms with Gasteiger partial charge in [0.05, 0.1) is 0 Å². The lowest BCUT2D eigenvalue weighted by Gasteiger charge is -2.05. The lowest BCUT2D eigenvalue weighted by Crippen LogP contribution is -2.13. The smallest absolute Gasteiger partial charge is 0.00164 e. The summed E-state index contributed by atoms with van der Waals surface area (Å²) in [7, 11) is 1.94. The topological polar surface area (TPSA) is 35.9 Å². The van der Waals surface area contributed by atoms with Crippen molar-refractivity contribution in [2.75, 3.05) is 13.6 Å². The van der Waals surface area contributed by atoms with E-state index in [1.807, 2.05) is 7.05 Å². The summed E-state index contributed by atoms with van der Waals surface area (Å²) >= 11 is 0. The fourth-order valence-electron chi connectivity index (χ4n) is 0.735. The molecule has 0 spiro atoms. The van der Waals surface area contributed by atoms with Crippen molar-refractivity contribution in [3.8, 4) is 0 Å². The number of hydrogen-bond acceptors (Lipinski definition) is 2. The fraction of sp³-hybridized carbons (Fsp3) is 0.857. The Hall–Kier alpha value is -0.370. The molecule has 0 aromatic rings. The SMILES string of the molecule is CCC(C=N)CCNC. The molecule has 1 atom stereocenters. The van der Waals surface area contributed by atoms with E-state index >= 15 is 0 Å². The summed E-state index contributed by atoms with van der Waals surface area (Å²) in [5, 5.41) is 10.0. The van der Waals surface area contributed by atoms with E-state index in [9.17, 15) is 0 Å². The molecule has 2 N–H and O–H groups in total. The molecule has 0 aromatic carbocycles. The van der Waals surface area contributed by atoms with E-state index in [0.29, 0.717) is 5.92 Å². The molecule has 0 saturated carbocycles. The molecule has 0 aliphatic rings. The van der Waals surface area contributed by atoms with Gasteiger partial charge in [0.1, 0.15) is 0 Å². The van der Waals surface area contributed by atoms with Crippen molar-refractivity contribution >= 4 is 6.21 Å². The molecule has 2 heteroatoms. The van der Waals surface area contributed by atoms with Crippen molar-refractivity contribution in [1.29, 1.82) is 5.41 Å². The zero-order valence-corrected chi connectivity index (χ0v) is 6.28. The summed E-state index contributed by atoms with van der Waals surface area (Å²) in [6.07, 6.45) is 3.72. The molecule has 0 rings (SSSR count). The molecule has 1 unspecified atom stereocenters. The molecule has 9 heavy (non-hydrogen) atoms. The minimum absolute atomic E-state index is 0.484. The average Bonchev–Trinajstić information content (AvgIpc) is 1.91. The third-order valence-electron chi connectivity index (χ3n) is 1.53. The summed E-state index contributed by atoms with van der Waals surface area (Å²) in [5.74, 6) is 0.484. The Morgan fingerprint density at radius 3 is 2.67 bits per heavy atom. The van der Waals surface area contributed by atoms with Crippen LogP contribution >= 0.6 is 0 Å². The normalized spacial score (nSPS) is 13.1. The Morgan fingerprint density at radius 1 is 1.67 bits per heavy atom. The molecular formula is C7H16N2. The Kier molecular flexibility index (Phi) is 5.52. The molecule has 0 saturated heterocycles. The maximum Gasteiger partial charge on any atom is -0.00164 e. The molecule has 2 nitrogen and oxygen atoms in total. The van der Waals surface area contributed by atoms with Crippen LogP contribution in [0.1, 0.15) is 19.8 Å². The molecule has 0 radical (unpaired) electrons. The van der Waals surface area contributed by atoms with Gasteiger partial charge in [0.2, 0.25) is 0 Å². The predicted molar refractivity (Wildman–Crippen MR) is 41.1 cm³/mol. The van der Waals surface area contributed by atoms with Crippen molar-refractivity contribution < 1.29 is 0 Å². The number of nitrogens with one attached hydrogen (secondary N) is 2. The van der Waals surface area contributed by atoms with Gasteiger partial charge in [-0.15, -0.1) is 0 Å². The lowest BCUT2D eigenvalue weighted by atomic mass is 10.0. The van der Waals surface area contributed by atoms with E-state index in [-0.39, 0.29) is 0 Å². The first-order valence-corrected chi connectivity index (χ1v) is 3.50. The van der Waals surface area contributed by atoms with Crippen LogP contribution in [0.15, 0.2) is 0 Å². The third kappa shape index (κ3) is 4.15. The van der Waals surface area contributed by atoms with Gasteiger partial charge in [-0.1, -0.05) is 6.92 Å². The van der Waals surface area contributed by atoms with E-state index in [2.05, 4.69) is 12.2 Å². The third-order valence-corrected chi connectivity index (χ3v) is 1.53. The highest BCUT2D eigenvalue weighted by atomic mass is 14.8. The van der Waals surface area contributed by atoms with E-state index in [1.54, 1.807) is 0 Å². The lowest BCUT2D eigenvalue weighted by molar-refractivity contribution is 0.587. The van der Waals surface area contributed by atoms with Crippen molar-refractivity contribution in [3.05, 3.63) is 0 Å². The van der Waals surface area contributed by atoms with Crippen LogP contribution in [-0.2, 0) is 0 Å². The van der Waals surface area contributed by atoms with Gasteiger partial charge in [0.15, 0.2) is 0 Å². The zero-order valence-electron chi connectivity index (χ0n) is 6.28. The number of rotatable bonds is 5. The fourth-order valence-corrected chi connectivity index (χ4v) is 0.735. The largest absolute Gasteiger partial charge is 0.320 e. The van der Waals surface area contributed by atoms with Gasteiger partial charge < -0.3 is 10.7 Å². The highest BCUT2D eigenvalue weighted by Gasteiger charge is 1.98. The second kappa shape index (κ2) is 5.76. The van der Waals surface area contributed by atoms with E-state index < -0.39 is 0 Å². The molecule has 0 heterocycles. The highest BCUT2D eigenvalue weighted by molar-refractivity contribution is 5.56. The van der Waals surface area contributed by atoms with Crippen LogP contribution in [0.4, 0.5) is 0 Å². The molecule has 0 aliphatic carbocycles. The summed E-state index contributed by atoms with van der Waals surface area (Å²) in [4.78, 5) is 0. The van der Waals surface area contributed by atoms with Crippen molar-refractivity contribution in [2.45, 2.75) is 19.8 Å². The quantitative estimate of drug-likeness (QED) is 0.537. The Morgan fingerprint density at radius 2 is 2.33 bits per heavy atom. The van der Waals surface area contributed by atoms with Gasteiger partial charge >= 0.3 is 0 Å². The minimum atomic E-state index is 0.484. The van der Waals surface area contributed by atoms with Gasteiger partial charge in [-0.05, 0) is 38.6 Å². The molecule has 0 amide bonds. The summed E-state index contributed by atoms with van der Waals surface area (Å²) in [5.41, 5.74) is 0. The first-order valence-electron chi connectivity index (χ1n) is 3.50. The Balaban J connectivity index is 3.20. The van der Waals surface area contributed by atoms with Gasteiger partial charge in [-0.2, -0.15) is 0 Å². The standard InChI is InChI=1S/C7H16N2/c1-3-7(6-8)4-5-9-2/h6-9H,3-5H2,1-2H3. The van der Waals surface area contributed by atoms with Crippen LogP contribution < -0.4 is 5.32 Å². The van der Waals surface area contributed by atoms with E-state index in [0.717, 1.165) is 19.4 Å². The van der Waals surface area contributed by atoms with Crippen LogP contribution in [0, 0.1) is 11.3 Å². The predicted octanol–water partition coefficient (Wildman–Crippen LogP) is 1.27. The Labute approximate surface area is 57.2 Å². The van der Waals surface area contributed by atoms with Crippen LogP contribution in [0.2, 0.25) is 0 Å². The van der Waals surface area contributed by atoms with Crippen LogP contribution in [-0.4, -0.2) is 19.8 Å². The van der Waals surface area contributed by atoms with E-state index in [4.69, 9.17) is 5.41 Å². The molecule has 0 bridgehead atoms. The molecule has 54 valence electrons. The Bertz CT molecular complexity index is 71.3. The average molecular weight is 128 g/mol. The van der Waals surface area contributed by atoms with Crippen LogP contribution in [0.3, 0.4) is 0 Å². The zero-order chi connectivity index (χ0) is 7.11. The first-order chi connectivity index (χ1) is 4.35. The summed E-state index contributed by atoms with van der Waals surface area (Å²) < 4.78 is 0. The maximum atomic E-state index is 6.99. The second-order valence-corrected chi connectivity index (χ2v) is 2.23. The van der Waals surface area contributed by atoms with Gasteiger partial charge in [0, 0.05) is 0 Å². The van der Waals surface area contributed by atoms with Crippen molar-refractivity contribution in [1.82, 2.24) is 5.32 Å². The van der Waals surface area contributed by atoms with Crippen molar-refractivity contribution in [3.63, 3.8) is 0 Å². The maximum absolute atomic E-state index is 6.99. The van der Waals surface area contributed by atoms with Gasteiger partial charge in [-0.25, -0.2) is 0 Å². The summed E-state index contributed by atoms with van der Waals surface area (Å²) in [6.45, 7) is 3.14. The van der Waals surface area contributed by atoms with Crippen molar-refractivity contribution in [2.24, 2.45) is 5.92 Å². The van der Waals surface area contributed by atoms with Gasteiger partial charge in [0.25, 0.3) is 0 Å². The van der Waals surface area contributed by atoms with Gasteiger partial charge in [-0.3, -0.25) is 0 Å². The monoisotopic (exact) mass is 128 g/mol. The number of hydrogen-bond donors (Lipinski definition) is 2. The highest BCUT2D eigenvalue weighted by Crippen LogP contribution is 2.01. The molecular weight excluding hydrogens is 112 g/mol. The minimum Gasteiger partial charge on any atom is -0.320 e. The van der Waals surface area contributed by atoms with E-state index in [1.165, 1.54) is 6.21 Å². The molecule has 0 aromatic heterocycles. The molecule has 0 aliphatic heterocycles. The van der Waals surface area contributed by atoms with Crippen LogP contribution in [0.25, 0.3) is 0 Å². The second-order valence-electron chi connectivity index (χ2n) is 2.23. The van der Waals surface area contributed by atoms with Crippen LogP contribution in [0.5, 0.6) is 0 Å².